The van der Waals surface area contributed by atoms with Crippen molar-refractivity contribution in [2.24, 2.45) is 5.14 Å². The van der Waals surface area contributed by atoms with Crippen LogP contribution in [0.25, 0.3) is 0 Å². The fourth-order valence-corrected chi connectivity index (χ4v) is 2.95. The van der Waals surface area contributed by atoms with Crippen molar-refractivity contribution >= 4 is 27.5 Å². The molecule has 1 aromatic rings. The summed E-state index contributed by atoms with van der Waals surface area (Å²) in [6, 6.07) is 6.87. The molecule has 1 aliphatic heterocycles. The molecule has 0 bridgehead atoms. The molecule has 1 aliphatic rings. The summed E-state index contributed by atoms with van der Waals surface area (Å²) in [5, 5.41) is 17.0. The van der Waals surface area contributed by atoms with E-state index >= 15 is 0 Å². The summed E-state index contributed by atoms with van der Waals surface area (Å²) in [6.45, 7) is 0. The van der Waals surface area contributed by atoms with Crippen LogP contribution in [0.4, 0.5) is 5.69 Å². The summed E-state index contributed by atoms with van der Waals surface area (Å²) in [5.74, 6) is 0. The minimum absolute atomic E-state index is 0.564. The molecule has 1 aromatic carbocycles. The first-order chi connectivity index (χ1) is 6.42. The summed E-state index contributed by atoms with van der Waals surface area (Å²) < 4.78 is 20.0. The molecule has 1 unspecified atom stereocenters. The number of sulfonamides is 1. The minimum atomic E-state index is -4.06. The molecular formula is C7H8N2O3S2. The van der Waals surface area contributed by atoms with Gasteiger partial charge in [0.25, 0.3) is 10.0 Å². The Hall–Kier alpha value is -0.760. The van der Waals surface area contributed by atoms with Crippen molar-refractivity contribution in [1.82, 2.24) is 0 Å². The van der Waals surface area contributed by atoms with Crippen molar-refractivity contribution in [1.29, 1.82) is 0 Å². The van der Waals surface area contributed by atoms with E-state index in [1.54, 1.807) is 24.3 Å². The van der Waals surface area contributed by atoms with E-state index in [1.165, 1.54) is 0 Å². The summed E-state index contributed by atoms with van der Waals surface area (Å²) >= 11 is 0.777. The largest absolute Gasteiger partial charge is 0.349 e. The lowest BCUT2D eigenvalue weighted by molar-refractivity contribution is 0.247. The van der Waals surface area contributed by atoms with Gasteiger partial charge in [-0.25, -0.2) is 13.6 Å². The first-order valence-corrected chi connectivity index (χ1v) is 6.10. The Bertz CT molecular complexity index is 447. The summed E-state index contributed by atoms with van der Waals surface area (Å²) in [4.78, 5) is 0.657. The van der Waals surface area contributed by atoms with E-state index < -0.39 is 14.4 Å². The second-order valence-corrected chi connectivity index (χ2v) is 6.02. The average molecular weight is 232 g/mol. The van der Waals surface area contributed by atoms with Gasteiger partial charge in [-0.15, -0.1) is 0 Å². The highest BCUT2D eigenvalue weighted by molar-refractivity contribution is 8.14. The fourth-order valence-electron chi connectivity index (χ4n) is 1.13. The van der Waals surface area contributed by atoms with Gasteiger partial charge in [0, 0.05) is 4.90 Å². The zero-order chi connectivity index (χ0) is 10.4. The standard InChI is InChI=1S/C7H8N2O3S2/c8-14(11,12)7(10)9-5-3-1-2-4-6(5)13-7/h1-4,9-10H,(H2,8,11,12). The van der Waals surface area contributed by atoms with Gasteiger partial charge in [-0.3, -0.25) is 0 Å². The number of rotatable bonds is 1. The van der Waals surface area contributed by atoms with Crippen molar-refractivity contribution in [2.75, 3.05) is 5.32 Å². The number of hydrogen-bond donors (Lipinski definition) is 3. The van der Waals surface area contributed by atoms with Crippen molar-refractivity contribution in [3.63, 3.8) is 0 Å². The summed E-state index contributed by atoms with van der Waals surface area (Å²) in [5.41, 5.74) is 0.564. The van der Waals surface area contributed by atoms with Crippen LogP contribution in [0.5, 0.6) is 0 Å². The van der Waals surface area contributed by atoms with Gasteiger partial charge in [-0.1, -0.05) is 12.1 Å². The van der Waals surface area contributed by atoms with E-state index in [1.807, 2.05) is 0 Å². The zero-order valence-corrected chi connectivity index (χ0v) is 8.60. The third-order valence-electron chi connectivity index (χ3n) is 1.81. The predicted molar refractivity (Wildman–Crippen MR) is 54.0 cm³/mol. The highest BCUT2D eigenvalue weighted by Gasteiger charge is 2.46. The van der Waals surface area contributed by atoms with Gasteiger partial charge in [0.15, 0.2) is 0 Å². The molecule has 2 rings (SSSR count). The second kappa shape index (κ2) is 2.86. The number of nitrogens with one attached hydrogen (secondary N) is 1. The van der Waals surface area contributed by atoms with Crippen LogP contribution < -0.4 is 10.5 Å². The van der Waals surface area contributed by atoms with Gasteiger partial charge >= 0.3 is 4.39 Å². The molecule has 1 heterocycles. The van der Waals surface area contributed by atoms with Crippen LogP contribution >= 0.6 is 11.8 Å². The number of benzene rings is 1. The number of aliphatic hydroxyl groups is 1. The van der Waals surface area contributed by atoms with Gasteiger partial charge in [0.05, 0.1) is 5.69 Å². The van der Waals surface area contributed by atoms with Crippen LogP contribution in [0.2, 0.25) is 0 Å². The van der Waals surface area contributed by atoms with Gasteiger partial charge in [-0.05, 0) is 23.9 Å². The van der Waals surface area contributed by atoms with Crippen LogP contribution in [0, 0.1) is 0 Å². The monoisotopic (exact) mass is 232 g/mol. The molecule has 4 N–H and O–H groups in total. The van der Waals surface area contributed by atoms with Crippen LogP contribution in [-0.2, 0) is 10.0 Å². The smallest absolute Gasteiger partial charge is 0.309 e. The van der Waals surface area contributed by atoms with Gasteiger partial charge in [-0.2, -0.15) is 0 Å². The van der Waals surface area contributed by atoms with E-state index in [4.69, 9.17) is 5.14 Å². The van der Waals surface area contributed by atoms with Gasteiger partial charge < -0.3 is 10.4 Å². The lowest BCUT2D eigenvalue weighted by atomic mass is 10.3. The molecule has 0 spiro atoms. The molecule has 0 radical (unpaired) electrons. The minimum Gasteiger partial charge on any atom is -0.349 e. The molecule has 0 saturated heterocycles. The molecule has 76 valence electrons. The van der Waals surface area contributed by atoms with E-state index in [0.29, 0.717) is 10.6 Å². The maximum absolute atomic E-state index is 11.1. The zero-order valence-electron chi connectivity index (χ0n) is 6.97. The highest BCUT2D eigenvalue weighted by Crippen LogP contribution is 2.45. The Labute approximate surface area is 85.4 Å². The maximum atomic E-state index is 11.1. The Kier molecular flexibility index (Phi) is 2.00. The molecule has 0 fully saturated rings. The van der Waals surface area contributed by atoms with Crippen molar-refractivity contribution in [3.8, 4) is 0 Å². The molecule has 5 nitrogen and oxygen atoms in total. The van der Waals surface area contributed by atoms with Crippen LogP contribution in [0.15, 0.2) is 29.2 Å². The number of primary sulfonamides is 1. The Morgan fingerprint density at radius 1 is 1.43 bits per heavy atom. The molecule has 7 heteroatoms. The third kappa shape index (κ3) is 1.38. The van der Waals surface area contributed by atoms with Gasteiger partial charge in [0.1, 0.15) is 0 Å². The number of hydrogen-bond acceptors (Lipinski definition) is 5. The number of thioether (sulfide) groups is 1. The molecule has 0 aromatic heterocycles. The Morgan fingerprint density at radius 3 is 2.64 bits per heavy atom. The molecule has 1 atom stereocenters. The maximum Gasteiger partial charge on any atom is 0.309 e. The number of fused-ring (bicyclic) bond motifs is 1. The first-order valence-electron chi connectivity index (χ1n) is 3.73. The normalized spacial score (nSPS) is 25.6. The molecule has 0 aliphatic carbocycles. The van der Waals surface area contributed by atoms with E-state index in [9.17, 15) is 13.5 Å². The molecule has 14 heavy (non-hydrogen) atoms. The van der Waals surface area contributed by atoms with Crippen molar-refractivity contribution < 1.29 is 13.5 Å². The van der Waals surface area contributed by atoms with Crippen molar-refractivity contribution in [2.45, 2.75) is 9.28 Å². The summed E-state index contributed by atoms with van der Waals surface area (Å²) in [6.07, 6.45) is 0. The molecular weight excluding hydrogens is 224 g/mol. The summed E-state index contributed by atoms with van der Waals surface area (Å²) in [7, 11) is -4.06. The van der Waals surface area contributed by atoms with Gasteiger partial charge in [0.2, 0.25) is 0 Å². The van der Waals surface area contributed by atoms with Crippen molar-refractivity contribution in [3.05, 3.63) is 24.3 Å². The third-order valence-corrected chi connectivity index (χ3v) is 4.59. The quantitative estimate of drug-likeness (QED) is 0.638. The lowest BCUT2D eigenvalue weighted by Crippen LogP contribution is -2.44. The Balaban J connectivity index is 2.45. The average Bonchev–Trinajstić information content (AvgIpc) is 2.40. The van der Waals surface area contributed by atoms with Crippen LogP contribution in [0.3, 0.4) is 0 Å². The highest BCUT2D eigenvalue weighted by atomic mass is 32.3. The molecule has 0 saturated carbocycles. The predicted octanol–water partition coefficient (Wildman–Crippen LogP) is 0.0963. The topological polar surface area (TPSA) is 92.4 Å². The fraction of sp³-hybridized carbons (Fsp3) is 0.143. The Morgan fingerprint density at radius 2 is 2.07 bits per heavy atom. The number of anilines is 1. The lowest BCUT2D eigenvalue weighted by Gasteiger charge is -2.18. The SMILES string of the molecule is NS(=O)(=O)C1(O)Nc2ccccc2S1. The second-order valence-electron chi connectivity index (χ2n) is 2.85. The van der Waals surface area contributed by atoms with E-state index in [0.717, 1.165) is 11.8 Å². The van der Waals surface area contributed by atoms with Crippen LogP contribution in [0.1, 0.15) is 0 Å². The molecule has 0 amide bonds. The van der Waals surface area contributed by atoms with E-state index in [-0.39, 0.29) is 0 Å². The number of nitrogens with two attached hydrogens (primary N) is 1. The van der Waals surface area contributed by atoms with E-state index in [2.05, 4.69) is 5.32 Å². The first kappa shape index (κ1) is 9.78. The van der Waals surface area contributed by atoms with Crippen LogP contribution in [-0.4, -0.2) is 17.9 Å². The number of para-hydroxylation sites is 1.